The fourth-order valence-electron chi connectivity index (χ4n) is 2.94. The van der Waals surface area contributed by atoms with E-state index in [0.29, 0.717) is 11.3 Å². The maximum absolute atomic E-state index is 12.2. The molecule has 0 spiro atoms. The molecule has 1 saturated carbocycles. The minimum Gasteiger partial charge on any atom is -0.352 e. The number of carbonyl (C=O) groups is 3. The molecular formula is C18H24N2O3. The van der Waals surface area contributed by atoms with Crippen molar-refractivity contribution in [2.75, 3.05) is 11.4 Å². The first-order valence-electron chi connectivity index (χ1n) is 8.16. The molecule has 1 aliphatic carbocycles. The van der Waals surface area contributed by atoms with Gasteiger partial charge in [-0.15, -0.1) is 0 Å². The number of benzene rings is 1. The number of Topliss-reactive ketones (excluding diaryl/α,β-unsaturated/α-hetero) is 1. The van der Waals surface area contributed by atoms with Crippen LogP contribution >= 0.6 is 0 Å². The van der Waals surface area contributed by atoms with Gasteiger partial charge in [-0.3, -0.25) is 14.4 Å². The SMILES string of the molecule is CC(=O)c1cccc(N(CC(=O)NC2CCCCC2)C(C)=O)c1. The summed E-state index contributed by atoms with van der Waals surface area (Å²) in [6, 6.07) is 7.03. The molecule has 23 heavy (non-hydrogen) atoms. The predicted molar refractivity (Wildman–Crippen MR) is 89.5 cm³/mol. The van der Waals surface area contributed by atoms with Gasteiger partial charge in [0.2, 0.25) is 11.8 Å². The standard InChI is InChI=1S/C18H24N2O3/c1-13(21)15-7-6-10-17(11-15)20(14(2)22)12-18(23)19-16-8-4-3-5-9-16/h6-7,10-11,16H,3-5,8-9,12H2,1-2H3,(H,19,23). The lowest BCUT2D eigenvalue weighted by molar-refractivity contribution is -0.123. The van der Waals surface area contributed by atoms with Crippen molar-refractivity contribution in [1.82, 2.24) is 5.32 Å². The van der Waals surface area contributed by atoms with Crippen LogP contribution in [0.15, 0.2) is 24.3 Å². The van der Waals surface area contributed by atoms with Gasteiger partial charge in [-0.05, 0) is 31.9 Å². The highest BCUT2D eigenvalue weighted by atomic mass is 16.2. The van der Waals surface area contributed by atoms with E-state index in [0.717, 1.165) is 25.7 Å². The Balaban J connectivity index is 2.06. The Morgan fingerprint density at radius 1 is 1.13 bits per heavy atom. The Morgan fingerprint density at radius 3 is 2.43 bits per heavy atom. The van der Waals surface area contributed by atoms with Crippen LogP contribution in [0.2, 0.25) is 0 Å². The van der Waals surface area contributed by atoms with Gasteiger partial charge < -0.3 is 10.2 Å². The fraction of sp³-hybridized carbons (Fsp3) is 0.500. The summed E-state index contributed by atoms with van der Waals surface area (Å²) in [4.78, 5) is 37.1. The van der Waals surface area contributed by atoms with Crippen molar-refractivity contribution in [2.45, 2.75) is 52.0 Å². The third-order valence-electron chi connectivity index (χ3n) is 4.22. The van der Waals surface area contributed by atoms with Crippen molar-refractivity contribution in [3.05, 3.63) is 29.8 Å². The molecule has 5 nitrogen and oxygen atoms in total. The van der Waals surface area contributed by atoms with E-state index in [1.54, 1.807) is 24.3 Å². The molecule has 1 fully saturated rings. The fourth-order valence-corrected chi connectivity index (χ4v) is 2.94. The minimum absolute atomic E-state index is 0.0206. The highest BCUT2D eigenvalue weighted by Gasteiger charge is 2.20. The molecule has 1 aliphatic rings. The van der Waals surface area contributed by atoms with Crippen molar-refractivity contribution in [1.29, 1.82) is 0 Å². The van der Waals surface area contributed by atoms with Gasteiger partial charge in [0.1, 0.15) is 6.54 Å². The maximum atomic E-state index is 12.2. The summed E-state index contributed by atoms with van der Waals surface area (Å²) < 4.78 is 0. The van der Waals surface area contributed by atoms with Crippen LogP contribution in [0.25, 0.3) is 0 Å². The molecule has 124 valence electrons. The molecule has 5 heteroatoms. The predicted octanol–water partition coefficient (Wildman–Crippen LogP) is 2.69. The maximum Gasteiger partial charge on any atom is 0.240 e. The van der Waals surface area contributed by atoms with Gasteiger partial charge in [0.15, 0.2) is 5.78 Å². The first kappa shape index (κ1) is 17.2. The van der Waals surface area contributed by atoms with Crippen LogP contribution in [0.3, 0.4) is 0 Å². The smallest absolute Gasteiger partial charge is 0.240 e. The van der Waals surface area contributed by atoms with Crippen LogP contribution < -0.4 is 10.2 Å². The summed E-state index contributed by atoms with van der Waals surface area (Å²) in [5, 5.41) is 3.01. The molecule has 2 rings (SSSR count). The molecule has 0 unspecified atom stereocenters. The summed E-state index contributed by atoms with van der Waals surface area (Å²) >= 11 is 0. The van der Waals surface area contributed by atoms with E-state index >= 15 is 0 Å². The van der Waals surface area contributed by atoms with E-state index in [1.165, 1.54) is 25.2 Å². The molecular weight excluding hydrogens is 292 g/mol. The molecule has 2 amide bonds. The zero-order valence-electron chi connectivity index (χ0n) is 13.8. The summed E-state index contributed by atoms with van der Waals surface area (Å²) in [6.07, 6.45) is 5.52. The Labute approximate surface area is 137 Å². The largest absolute Gasteiger partial charge is 0.352 e. The molecule has 0 saturated heterocycles. The van der Waals surface area contributed by atoms with E-state index in [-0.39, 0.29) is 30.2 Å². The molecule has 1 aromatic carbocycles. The van der Waals surface area contributed by atoms with Crippen molar-refractivity contribution >= 4 is 23.3 Å². The van der Waals surface area contributed by atoms with Gasteiger partial charge in [-0.2, -0.15) is 0 Å². The van der Waals surface area contributed by atoms with Crippen LogP contribution in [0.1, 0.15) is 56.3 Å². The second-order valence-corrected chi connectivity index (χ2v) is 6.11. The number of hydrogen-bond acceptors (Lipinski definition) is 3. The minimum atomic E-state index is -0.218. The van der Waals surface area contributed by atoms with Gasteiger partial charge in [0, 0.05) is 24.2 Å². The van der Waals surface area contributed by atoms with Crippen molar-refractivity contribution in [2.24, 2.45) is 0 Å². The average molecular weight is 316 g/mol. The second kappa shape index (κ2) is 7.90. The molecule has 0 radical (unpaired) electrons. The topological polar surface area (TPSA) is 66.5 Å². The molecule has 1 N–H and O–H groups in total. The summed E-state index contributed by atoms with van der Waals surface area (Å²) in [7, 11) is 0. The number of amides is 2. The molecule has 0 aromatic heterocycles. The van der Waals surface area contributed by atoms with Gasteiger partial charge in [-0.25, -0.2) is 0 Å². The number of carbonyl (C=O) groups excluding carboxylic acids is 3. The number of nitrogens with zero attached hydrogens (tertiary/aromatic N) is 1. The van der Waals surface area contributed by atoms with E-state index in [4.69, 9.17) is 0 Å². The molecule has 0 atom stereocenters. The molecule has 1 aromatic rings. The summed E-state index contributed by atoms with van der Waals surface area (Å²) in [5.41, 5.74) is 1.10. The molecule has 0 heterocycles. The number of ketones is 1. The quantitative estimate of drug-likeness (QED) is 0.849. The summed E-state index contributed by atoms with van der Waals surface area (Å²) in [6.45, 7) is 2.88. The number of nitrogens with one attached hydrogen (secondary N) is 1. The number of rotatable bonds is 5. The van der Waals surface area contributed by atoms with Crippen LogP contribution in [-0.2, 0) is 9.59 Å². The van der Waals surface area contributed by atoms with Crippen molar-refractivity contribution in [3.63, 3.8) is 0 Å². The van der Waals surface area contributed by atoms with E-state index in [2.05, 4.69) is 5.32 Å². The van der Waals surface area contributed by atoms with Gasteiger partial charge in [0.05, 0.1) is 0 Å². The zero-order chi connectivity index (χ0) is 16.8. The Kier molecular flexibility index (Phi) is 5.90. The van der Waals surface area contributed by atoms with E-state index < -0.39 is 0 Å². The van der Waals surface area contributed by atoms with Crippen LogP contribution in [0.4, 0.5) is 5.69 Å². The van der Waals surface area contributed by atoms with Crippen LogP contribution in [-0.4, -0.2) is 30.2 Å². The van der Waals surface area contributed by atoms with E-state index in [1.807, 2.05) is 0 Å². The van der Waals surface area contributed by atoms with Gasteiger partial charge in [-0.1, -0.05) is 31.4 Å². The van der Waals surface area contributed by atoms with Gasteiger partial charge in [0.25, 0.3) is 0 Å². The normalized spacial score (nSPS) is 15.0. The average Bonchev–Trinajstić information content (AvgIpc) is 2.53. The Morgan fingerprint density at radius 2 is 1.83 bits per heavy atom. The summed E-state index contributed by atoms with van der Waals surface area (Å²) in [5.74, 6) is -0.438. The number of hydrogen-bond donors (Lipinski definition) is 1. The highest BCUT2D eigenvalue weighted by molar-refractivity contribution is 6.00. The van der Waals surface area contributed by atoms with Crippen LogP contribution in [0, 0.1) is 0 Å². The monoisotopic (exact) mass is 316 g/mol. The van der Waals surface area contributed by atoms with Crippen molar-refractivity contribution < 1.29 is 14.4 Å². The van der Waals surface area contributed by atoms with Crippen molar-refractivity contribution in [3.8, 4) is 0 Å². The third kappa shape index (κ3) is 4.91. The molecule has 0 bridgehead atoms. The lowest BCUT2D eigenvalue weighted by atomic mass is 9.95. The lowest BCUT2D eigenvalue weighted by Gasteiger charge is -2.25. The third-order valence-corrected chi connectivity index (χ3v) is 4.22. The Bertz CT molecular complexity index is 592. The first-order chi connectivity index (χ1) is 11.0. The van der Waals surface area contributed by atoms with E-state index in [9.17, 15) is 14.4 Å². The van der Waals surface area contributed by atoms with Gasteiger partial charge >= 0.3 is 0 Å². The Hall–Kier alpha value is -2.17. The number of anilines is 1. The zero-order valence-corrected chi connectivity index (χ0v) is 13.8. The highest BCUT2D eigenvalue weighted by Crippen LogP contribution is 2.19. The molecule has 0 aliphatic heterocycles. The first-order valence-corrected chi connectivity index (χ1v) is 8.16. The second-order valence-electron chi connectivity index (χ2n) is 6.11. The van der Waals surface area contributed by atoms with Crippen LogP contribution in [0.5, 0.6) is 0 Å². The lowest BCUT2D eigenvalue weighted by Crippen LogP contribution is -2.44.